The second-order valence-electron chi connectivity index (χ2n) is 6.28. The number of rotatable bonds is 3. The monoisotopic (exact) mass is 303 g/mol. The quantitative estimate of drug-likeness (QED) is 0.873. The number of aromatic nitrogens is 2. The molecule has 1 saturated heterocycles. The molecule has 1 aromatic heterocycles. The number of hydrogen-bond donors (Lipinski definition) is 0. The lowest BCUT2D eigenvalue weighted by molar-refractivity contribution is -0.0598. The second kappa shape index (κ2) is 5.63. The Kier molecular flexibility index (Phi) is 3.62. The van der Waals surface area contributed by atoms with Crippen molar-refractivity contribution >= 4 is 11.0 Å². The molecule has 0 unspecified atom stereocenters. The minimum Gasteiger partial charge on any atom is -0.375 e. The zero-order valence-corrected chi connectivity index (χ0v) is 13.0. The first-order valence-electron chi connectivity index (χ1n) is 8.26. The third-order valence-corrected chi connectivity index (χ3v) is 5.05. The zero-order valence-electron chi connectivity index (χ0n) is 13.0. The molecule has 2 aromatic rings. The van der Waals surface area contributed by atoms with Gasteiger partial charge in [0.2, 0.25) is 0 Å². The van der Waals surface area contributed by atoms with Crippen LogP contribution in [0.3, 0.4) is 0 Å². The minimum atomic E-state index is -0.220. The van der Waals surface area contributed by atoms with E-state index in [2.05, 4.69) is 16.4 Å². The van der Waals surface area contributed by atoms with E-state index in [4.69, 9.17) is 9.72 Å². The van der Waals surface area contributed by atoms with Crippen LogP contribution in [0.5, 0.6) is 0 Å². The molecule has 4 rings (SSSR count). The standard InChI is InChI=1S/C17H22FN3O/c1-2-21-14-7-6-12(18)10-13(14)19-17(21)11-20-8-9-22-16-5-3-4-15(16)20/h6-7,10,15-16H,2-5,8-9,11H2,1H3/t15-,16+/m0/s1. The molecule has 2 heterocycles. The number of aryl methyl sites for hydroxylation is 1. The van der Waals surface area contributed by atoms with Gasteiger partial charge in [-0.1, -0.05) is 0 Å². The highest BCUT2D eigenvalue weighted by Crippen LogP contribution is 2.31. The molecule has 2 aliphatic rings. The fraction of sp³-hybridized carbons (Fsp3) is 0.588. The normalized spacial score (nSPS) is 25.7. The first-order valence-corrected chi connectivity index (χ1v) is 8.26. The van der Waals surface area contributed by atoms with Crippen LogP contribution in [0.1, 0.15) is 32.0 Å². The van der Waals surface area contributed by atoms with Gasteiger partial charge in [-0.05, 0) is 38.3 Å². The summed E-state index contributed by atoms with van der Waals surface area (Å²) >= 11 is 0. The van der Waals surface area contributed by atoms with Crippen LogP contribution in [0.2, 0.25) is 0 Å². The first kappa shape index (κ1) is 14.2. The summed E-state index contributed by atoms with van der Waals surface area (Å²) in [6, 6.07) is 5.41. The summed E-state index contributed by atoms with van der Waals surface area (Å²) in [6.45, 7) is 5.57. The highest BCUT2D eigenvalue weighted by molar-refractivity contribution is 5.76. The minimum absolute atomic E-state index is 0.220. The van der Waals surface area contributed by atoms with Crippen molar-refractivity contribution in [1.29, 1.82) is 0 Å². The van der Waals surface area contributed by atoms with Crippen LogP contribution >= 0.6 is 0 Å². The SMILES string of the molecule is CCn1c(CN2CCO[C@@H]3CCC[C@@H]32)nc2cc(F)ccc21. The Morgan fingerprint density at radius 1 is 1.36 bits per heavy atom. The predicted molar refractivity (Wildman–Crippen MR) is 83.2 cm³/mol. The van der Waals surface area contributed by atoms with Crippen molar-refractivity contribution in [1.82, 2.24) is 14.5 Å². The molecule has 1 aliphatic carbocycles. The predicted octanol–water partition coefficient (Wildman–Crippen LogP) is 2.95. The maximum Gasteiger partial charge on any atom is 0.125 e. The summed E-state index contributed by atoms with van der Waals surface area (Å²) in [4.78, 5) is 7.20. The van der Waals surface area contributed by atoms with E-state index in [1.807, 2.05) is 6.07 Å². The third-order valence-electron chi connectivity index (χ3n) is 5.05. The molecular formula is C17H22FN3O. The number of ether oxygens (including phenoxy) is 1. The van der Waals surface area contributed by atoms with Gasteiger partial charge in [-0.2, -0.15) is 0 Å². The molecule has 0 bridgehead atoms. The Labute approximate surface area is 129 Å². The third kappa shape index (κ3) is 2.32. The molecule has 1 aliphatic heterocycles. The van der Waals surface area contributed by atoms with Crippen LogP contribution in [0.15, 0.2) is 18.2 Å². The van der Waals surface area contributed by atoms with E-state index in [1.54, 1.807) is 0 Å². The smallest absolute Gasteiger partial charge is 0.125 e. The summed E-state index contributed by atoms with van der Waals surface area (Å²) in [7, 11) is 0. The Balaban J connectivity index is 1.65. The Morgan fingerprint density at radius 3 is 3.14 bits per heavy atom. The van der Waals surface area contributed by atoms with Crippen LogP contribution in [0, 0.1) is 5.82 Å². The van der Waals surface area contributed by atoms with Gasteiger partial charge >= 0.3 is 0 Å². The number of halogens is 1. The van der Waals surface area contributed by atoms with E-state index < -0.39 is 0 Å². The van der Waals surface area contributed by atoms with E-state index in [0.29, 0.717) is 12.1 Å². The van der Waals surface area contributed by atoms with Gasteiger partial charge < -0.3 is 9.30 Å². The van der Waals surface area contributed by atoms with E-state index >= 15 is 0 Å². The van der Waals surface area contributed by atoms with Gasteiger partial charge in [-0.3, -0.25) is 4.90 Å². The molecule has 1 saturated carbocycles. The van der Waals surface area contributed by atoms with Crippen LogP contribution in [0.4, 0.5) is 4.39 Å². The molecule has 0 N–H and O–H groups in total. The van der Waals surface area contributed by atoms with Crippen molar-refractivity contribution in [2.24, 2.45) is 0 Å². The summed E-state index contributed by atoms with van der Waals surface area (Å²) in [5.41, 5.74) is 1.78. The van der Waals surface area contributed by atoms with Crippen molar-refractivity contribution in [2.45, 2.75) is 51.4 Å². The maximum atomic E-state index is 13.4. The average molecular weight is 303 g/mol. The van der Waals surface area contributed by atoms with Gasteiger partial charge in [0.15, 0.2) is 0 Å². The van der Waals surface area contributed by atoms with Crippen molar-refractivity contribution < 1.29 is 9.13 Å². The molecule has 118 valence electrons. The number of benzene rings is 1. The van der Waals surface area contributed by atoms with E-state index in [1.165, 1.54) is 31.4 Å². The largest absolute Gasteiger partial charge is 0.375 e. The maximum absolute atomic E-state index is 13.4. The molecule has 2 fully saturated rings. The number of nitrogens with zero attached hydrogens (tertiary/aromatic N) is 3. The van der Waals surface area contributed by atoms with Crippen molar-refractivity contribution in [3.8, 4) is 0 Å². The van der Waals surface area contributed by atoms with Gasteiger partial charge in [0, 0.05) is 25.2 Å². The molecular weight excluding hydrogens is 281 g/mol. The lowest BCUT2D eigenvalue weighted by atomic mass is 10.1. The van der Waals surface area contributed by atoms with Gasteiger partial charge in [0.05, 0.1) is 30.3 Å². The highest BCUT2D eigenvalue weighted by Gasteiger charge is 2.36. The Hall–Kier alpha value is -1.46. The molecule has 4 nitrogen and oxygen atoms in total. The molecule has 0 amide bonds. The van der Waals surface area contributed by atoms with Crippen molar-refractivity contribution in [3.05, 3.63) is 29.8 Å². The number of morpholine rings is 1. The molecule has 0 spiro atoms. The topological polar surface area (TPSA) is 30.3 Å². The summed E-state index contributed by atoms with van der Waals surface area (Å²) in [5, 5.41) is 0. The van der Waals surface area contributed by atoms with Crippen LogP contribution < -0.4 is 0 Å². The second-order valence-corrected chi connectivity index (χ2v) is 6.28. The lowest BCUT2D eigenvalue weighted by Crippen LogP contribution is -2.48. The van der Waals surface area contributed by atoms with Gasteiger partial charge in [0.1, 0.15) is 11.6 Å². The fourth-order valence-electron chi connectivity index (χ4n) is 4.01. The van der Waals surface area contributed by atoms with E-state index in [-0.39, 0.29) is 5.82 Å². The summed E-state index contributed by atoms with van der Waals surface area (Å²) in [6.07, 6.45) is 4.04. The number of fused-ring (bicyclic) bond motifs is 2. The molecule has 22 heavy (non-hydrogen) atoms. The van der Waals surface area contributed by atoms with Crippen LogP contribution in [-0.4, -0.2) is 39.7 Å². The summed E-state index contributed by atoms with van der Waals surface area (Å²) < 4.78 is 21.5. The van der Waals surface area contributed by atoms with Gasteiger partial charge in [-0.25, -0.2) is 9.37 Å². The van der Waals surface area contributed by atoms with Crippen LogP contribution in [0.25, 0.3) is 11.0 Å². The average Bonchev–Trinajstić information content (AvgIpc) is 3.11. The molecule has 5 heteroatoms. The summed E-state index contributed by atoms with van der Waals surface area (Å²) in [5.74, 6) is 0.817. The molecule has 1 aromatic carbocycles. The fourth-order valence-corrected chi connectivity index (χ4v) is 4.01. The van der Waals surface area contributed by atoms with Crippen molar-refractivity contribution in [2.75, 3.05) is 13.2 Å². The molecule has 0 radical (unpaired) electrons. The molecule has 2 atom stereocenters. The zero-order chi connectivity index (χ0) is 15.1. The van der Waals surface area contributed by atoms with E-state index in [0.717, 1.165) is 43.1 Å². The Morgan fingerprint density at radius 2 is 2.27 bits per heavy atom. The van der Waals surface area contributed by atoms with Crippen molar-refractivity contribution in [3.63, 3.8) is 0 Å². The number of hydrogen-bond acceptors (Lipinski definition) is 3. The van der Waals surface area contributed by atoms with Gasteiger partial charge in [-0.15, -0.1) is 0 Å². The Bertz CT molecular complexity index is 684. The van der Waals surface area contributed by atoms with Crippen LogP contribution in [-0.2, 0) is 17.8 Å². The highest BCUT2D eigenvalue weighted by atomic mass is 19.1. The lowest BCUT2D eigenvalue weighted by Gasteiger charge is -2.37. The first-order chi connectivity index (χ1) is 10.8. The van der Waals surface area contributed by atoms with Gasteiger partial charge in [0.25, 0.3) is 0 Å². The number of imidazole rings is 1. The van der Waals surface area contributed by atoms with E-state index in [9.17, 15) is 4.39 Å².